The van der Waals surface area contributed by atoms with Crippen molar-refractivity contribution in [3.8, 4) is 22.4 Å². The van der Waals surface area contributed by atoms with Gasteiger partial charge >= 0.3 is 0 Å². The van der Waals surface area contributed by atoms with Gasteiger partial charge < -0.3 is 5.11 Å². The Morgan fingerprint density at radius 2 is 1.46 bits per heavy atom. The summed E-state index contributed by atoms with van der Waals surface area (Å²) < 4.78 is 0. The standard InChI is InChI=1S/C25H24N2O.C2H5NO2.C2H6/c1-17-16-24(27-23-13-14-26-18(2)25(17)23)22-11-9-21(10-12-22)20-7-5-19(6-8-20)4-3-15-28;1-2(4)3-5;1-2/h5-14,16,28H,3-4,15H2,1-2H3;5H,1H3,(H,3,4);1-2H3. The van der Waals surface area contributed by atoms with E-state index in [0.717, 1.165) is 40.7 Å². The van der Waals surface area contributed by atoms with Crippen LogP contribution in [0.1, 0.15) is 44.0 Å². The average molecular weight is 474 g/mol. The van der Waals surface area contributed by atoms with Crippen molar-refractivity contribution in [2.45, 2.75) is 47.5 Å². The summed E-state index contributed by atoms with van der Waals surface area (Å²) in [5.41, 5.74) is 10.4. The van der Waals surface area contributed by atoms with Crippen LogP contribution in [0.5, 0.6) is 0 Å². The minimum Gasteiger partial charge on any atom is -0.396 e. The first-order valence-electron chi connectivity index (χ1n) is 11.9. The van der Waals surface area contributed by atoms with Gasteiger partial charge in [-0.25, -0.2) is 10.5 Å². The summed E-state index contributed by atoms with van der Waals surface area (Å²) in [7, 11) is 0. The lowest BCUT2D eigenvalue weighted by atomic mass is 9.99. The van der Waals surface area contributed by atoms with Crippen molar-refractivity contribution in [3.05, 3.63) is 83.7 Å². The van der Waals surface area contributed by atoms with Gasteiger partial charge in [-0.3, -0.25) is 15.0 Å². The van der Waals surface area contributed by atoms with Crippen LogP contribution in [-0.4, -0.2) is 32.8 Å². The Bertz CT molecular complexity index is 1220. The molecule has 4 aromatic rings. The Hall–Kier alpha value is -3.61. The maximum atomic E-state index is 9.45. The molecule has 35 heavy (non-hydrogen) atoms. The highest BCUT2D eigenvalue weighted by atomic mass is 16.5. The Morgan fingerprint density at radius 1 is 0.914 bits per heavy atom. The lowest BCUT2D eigenvalue weighted by Gasteiger charge is -2.09. The molecule has 0 aliphatic rings. The van der Waals surface area contributed by atoms with Gasteiger partial charge in [0.15, 0.2) is 0 Å². The van der Waals surface area contributed by atoms with Gasteiger partial charge in [0.2, 0.25) is 5.91 Å². The summed E-state index contributed by atoms with van der Waals surface area (Å²) in [6, 6.07) is 21.3. The number of rotatable bonds is 5. The van der Waals surface area contributed by atoms with E-state index in [0.29, 0.717) is 0 Å². The minimum absolute atomic E-state index is 0.238. The number of aromatic nitrogens is 2. The number of fused-ring (bicyclic) bond motifs is 1. The predicted molar refractivity (Wildman–Crippen MR) is 142 cm³/mol. The third-order valence-corrected chi connectivity index (χ3v) is 5.36. The number of carbonyl (C=O) groups is 1. The van der Waals surface area contributed by atoms with Crippen LogP contribution in [0.3, 0.4) is 0 Å². The van der Waals surface area contributed by atoms with Crippen molar-refractivity contribution in [1.82, 2.24) is 15.4 Å². The van der Waals surface area contributed by atoms with Crippen molar-refractivity contribution in [3.63, 3.8) is 0 Å². The predicted octanol–water partition coefficient (Wildman–Crippen LogP) is 6.04. The topological polar surface area (TPSA) is 95.3 Å². The van der Waals surface area contributed by atoms with Crippen LogP contribution < -0.4 is 5.48 Å². The molecule has 1 amide bonds. The number of hydrogen-bond acceptors (Lipinski definition) is 5. The molecule has 2 heterocycles. The van der Waals surface area contributed by atoms with E-state index in [-0.39, 0.29) is 6.61 Å². The van der Waals surface area contributed by atoms with Gasteiger partial charge in [-0.05, 0) is 61.1 Å². The van der Waals surface area contributed by atoms with Crippen LogP contribution in [0.2, 0.25) is 0 Å². The van der Waals surface area contributed by atoms with E-state index in [9.17, 15) is 4.79 Å². The molecule has 0 bridgehead atoms. The van der Waals surface area contributed by atoms with Crippen LogP contribution in [0.25, 0.3) is 33.3 Å². The molecule has 0 atom stereocenters. The molecule has 6 nitrogen and oxygen atoms in total. The van der Waals surface area contributed by atoms with Crippen molar-refractivity contribution in [2.75, 3.05) is 6.61 Å². The Labute approximate surface area is 207 Å². The van der Waals surface area contributed by atoms with Gasteiger partial charge in [-0.2, -0.15) is 0 Å². The monoisotopic (exact) mass is 473 g/mol. The normalized spacial score (nSPS) is 10.0. The molecular formula is C29H35N3O3. The fourth-order valence-electron chi connectivity index (χ4n) is 3.70. The number of carbonyl (C=O) groups excluding carboxylic acids is 1. The van der Waals surface area contributed by atoms with E-state index in [1.165, 1.54) is 34.7 Å². The second-order valence-electron chi connectivity index (χ2n) is 7.88. The number of nitrogens with zero attached hydrogens (tertiary/aromatic N) is 2. The Balaban J connectivity index is 0.000000551. The summed E-state index contributed by atoms with van der Waals surface area (Å²) in [4.78, 5) is 18.7. The number of nitrogens with one attached hydrogen (secondary N) is 1. The van der Waals surface area contributed by atoms with E-state index >= 15 is 0 Å². The van der Waals surface area contributed by atoms with Crippen molar-refractivity contribution >= 4 is 16.8 Å². The number of aliphatic hydroxyl groups excluding tert-OH is 1. The molecule has 184 valence electrons. The molecule has 2 aromatic heterocycles. The van der Waals surface area contributed by atoms with Crippen molar-refractivity contribution < 1.29 is 15.1 Å². The fourth-order valence-corrected chi connectivity index (χ4v) is 3.70. The molecule has 4 rings (SSSR count). The van der Waals surface area contributed by atoms with Crippen molar-refractivity contribution in [1.29, 1.82) is 0 Å². The highest BCUT2D eigenvalue weighted by molar-refractivity contribution is 5.86. The molecule has 0 unspecified atom stereocenters. The van der Waals surface area contributed by atoms with Gasteiger partial charge in [0.25, 0.3) is 0 Å². The third-order valence-electron chi connectivity index (χ3n) is 5.36. The summed E-state index contributed by atoms with van der Waals surface area (Å²) >= 11 is 0. The quantitative estimate of drug-likeness (QED) is 0.242. The molecule has 0 saturated heterocycles. The first kappa shape index (κ1) is 27.6. The Kier molecular flexibility index (Phi) is 11.0. The maximum absolute atomic E-state index is 9.45. The summed E-state index contributed by atoms with van der Waals surface area (Å²) in [5.74, 6) is -0.440. The number of aryl methyl sites for hydroxylation is 3. The molecule has 2 aromatic carbocycles. The number of hydroxylamine groups is 1. The second kappa shape index (κ2) is 13.9. The smallest absolute Gasteiger partial charge is 0.240 e. The van der Waals surface area contributed by atoms with Crippen LogP contribution in [0.4, 0.5) is 0 Å². The zero-order valence-electron chi connectivity index (χ0n) is 21.2. The lowest BCUT2D eigenvalue weighted by Crippen LogP contribution is -2.12. The first-order chi connectivity index (χ1) is 16.9. The molecule has 6 heteroatoms. The van der Waals surface area contributed by atoms with Crippen LogP contribution in [0.15, 0.2) is 66.9 Å². The molecular weight excluding hydrogens is 438 g/mol. The van der Waals surface area contributed by atoms with Crippen LogP contribution in [-0.2, 0) is 11.2 Å². The second-order valence-corrected chi connectivity index (χ2v) is 7.88. The summed E-state index contributed by atoms with van der Waals surface area (Å²) in [6.07, 6.45) is 3.54. The zero-order valence-corrected chi connectivity index (χ0v) is 21.2. The van der Waals surface area contributed by atoms with Gasteiger partial charge in [0.1, 0.15) is 0 Å². The molecule has 0 fully saturated rings. The SMILES string of the molecule is CC.CC(=O)NO.Cc1cc(-c2ccc(-c3ccc(CCCO)cc3)cc2)nc2ccnc(C)c12. The molecule has 0 aliphatic heterocycles. The largest absolute Gasteiger partial charge is 0.396 e. The first-order valence-corrected chi connectivity index (χ1v) is 11.9. The number of amides is 1. The number of hydrogen-bond donors (Lipinski definition) is 3. The highest BCUT2D eigenvalue weighted by Gasteiger charge is 2.08. The van der Waals surface area contributed by atoms with Crippen LogP contribution >= 0.6 is 0 Å². The lowest BCUT2D eigenvalue weighted by molar-refractivity contribution is -0.126. The van der Waals surface area contributed by atoms with Gasteiger partial charge in [-0.1, -0.05) is 62.4 Å². The number of aliphatic hydroxyl groups is 1. The maximum Gasteiger partial charge on any atom is 0.240 e. The highest BCUT2D eigenvalue weighted by Crippen LogP contribution is 2.28. The van der Waals surface area contributed by atoms with Crippen molar-refractivity contribution in [2.24, 2.45) is 0 Å². The molecule has 0 saturated carbocycles. The van der Waals surface area contributed by atoms with E-state index in [1.54, 1.807) is 0 Å². The van der Waals surface area contributed by atoms with E-state index in [1.807, 2.05) is 33.0 Å². The van der Waals surface area contributed by atoms with E-state index in [4.69, 9.17) is 15.3 Å². The zero-order chi connectivity index (χ0) is 25.8. The molecule has 0 spiro atoms. The summed E-state index contributed by atoms with van der Waals surface area (Å²) in [5, 5.41) is 17.6. The van der Waals surface area contributed by atoms with Gasteiger partial charge in [0, 0.05) is 36.4 Å². The average Bonchev–Trinajstić information content (AvgIpc) is 2.89. The van der Waals surface area contributed by atoms with Gasteiger partial charge in [-0.15, -0.1) is 0 Å². The van der Waals surface area contributed by atoms with Gasteiger partial charge in [0.05, 0.1) is 11.2 Å². The Morgan fingerprint density at radius 3 is 2.00 bits per heavy atom. The summed E-state index contributed by atoms with van der Waals surface area (Å²) in [6.45, 7) is 9.61. The minimum atomic E-state index is -0.440. The fraction of sp³-hybridized carbons (Fsp3) is 0.276. The number of pyridine rings is 2. The molecule has 3 N–H and O–H groups in total. The molecule has 0 radical (unpaired) electrons. The van der Waals surface area contributed by atoms with E-state index in [2.05, 4.69) is 66.5 Å². The van der Waals surface area contributed by atoms with E-state index < -0.39 is 5.91 Å². The number of benzene rings is 2. The third kappa shape index (κ3) is 7.70. The van der Waals surface area contributed by atoms with Crippen LogP contribution in [0, 0.1) is 13.8 Å². The molecule has 0 aliphatic carbocycles.